The zero-order chi connectivity index (χ0) is 14.7. The predicted molar refractivity (Wildman–Crippen MR) is 75.1 cm³/mol. The molecule has 1 aliphatic rings. The molecule has 0 unspecified atom stereocenters. The molecule has 4 nitrogen and oxygen atoms in total. The highest BCUT2D eigenvalue weighted by atomic mass is 19.1. The molecule has 1 aromatic heterocycles. The van der Waals surface area contributed by atoms with E-state index < -0.39 is 5.95 Å². The number of likely N-dealkylation sites (tertiary alicyclic amines) is 1. The van der Waals surface area contributed by atoms with E-state index >= 15 is 0 Å². The van der Waals surface area contributed by atoms with Gasteiger partial charge in [-0.3, -0.25) is 0 Å². The molecule has 108 valence electrons. The van der Waals surface area contributed by atoms with Gasteiger partial charge in [0.1, 0.15) is 6.61 Å². The molecule has 1 aromatic carbocycles. The minimum Gasteiger partial charge on any atom is -0.445 e. The predicted octanol–water partition coefficient (Wildman–Crippen LogP) is 2.96. The Morgan fingerprint density at radius 3 is 2.67 bits per heavy atom. The highest BCUT2D eigenvalue weighted by molar-refractivity contribution is 5.69. The van der Waals surface area contributed by atoms with Crippen LogP contribution in [0.5, 0.6) is 0 Å². The molecule has 0 radical (unpaired) electrons. The SMILES string of the molecule is O=C(OCc1ccccc1)N1CC(c2ccc(F)nc2)C1. The van der Waals surface area contributed by atoms with Gasteiger partial charge >= 0.3 is 6.09 Å². The fraction of sp³-hybridized carbons (Fsp3) is 0.250. The second-order valence-electron chi connectivity index (χ2n) is 5.06. The number of hydrogen-bond acceptors (Lipinski definition) is 3. The zero-order valence-electron chi connectivity index (χ0n) is 11.4. The Bertz CT molecular complexity index is 610. The molecule has 1 saturated heterocycles. The molecule has 1 amide bonds. The number of hydrogen-bond donors (Lipinski definition) is 0. The van der Waals surface area contributed by atoms with Crippen molar-refractivity contribution in [2.24, 2.45) is 0 Å². The van der Waals surface area contributed by atoms with Crippen molar-refractivity contribution < 1.29 is 13.9 Å². The summed E-state index contributed by atoms with van der Waals surface area (Å²) in [6.45, 7) is 1.45. The van der Waals surface area contributed by atoms with Crippen molar-refractivity contribution in [1.29, 1.82) is 0 Å². The number of ether oxygens (including phenoxy) is 1. The van der Waals surface area contributed by atoms with Gasteiger partial charge in [-0.2, -0.15) is 4.39 Å². The lowest BCUT2D eigenvalue weighted by Gasteiger charge is -2.38. The van der Waals surface area contributed by atoms with Gasteiger partial charge in [0, 0.05) is 25.2 Å². The van der Waals surface area contributed by atoms with E-state index in [1.54, 1.807) is 11.0 Å². The van der Waals surface area contributed by atoms with Crippen molar-refractivity contribution in [3.63, 3.8) is 0 Å². The molecule has 21 heavy (non-hydrogen) atoms. The zero-order valence-corrected chi connectivity index (χ0v) is 11.4. The largest absolute Gasteiger partial charge is 0.445 e. The van der Waals surface area contributed by atoms with Gasteiger partial charge in [-0.05, 0) is 17.2 Å². The van der Waals surface area contributed by atoms with Gasteiger partial charge in [0.15, 0.2) is 0 Å². The molecule has 1 aliphatic heterocycles. The Morgan fingerprint density at radius 1 is 1.24 bits per heavy atom. The maximum Gasteiger partial charge on any atom is 0.410 e. The third kappa shape index (κ3) is 3.18. The van der Waals surface area contributed by atoms with E-state index in [1.807, 2.05) is 30.3 Å². The van der Waals surface area contributed by atoms with Crippen LogP contribution in [0.25, 0.3) is 0 Å². The van der Waals surface area contributed by atoms with Crippen LogP contribution in [0.15, 0.2) is 48.7 Å². The lowest BCUT2D eigenvalue weighted by molar-refractivity contribution is 0.0663. The van der Waals surface area contributed by atoms with Crippen LogP contribution in [0.4, 0.5) is 9.18 Å². The maximum atomic E-state index is 12.7. The van der Waals surface area contributed by atoms with E-state index in [-0.39, 0.29) is 18.6 Å². The molecule has 0 N–H and O–H groups in total. The summed E-state index contributed by atoms with van der Waals surface area (Å²) < 4.78 is 18.0. The van der Waals surface area contributed by atoms with Crippen LogP contribution >= 0.6 is 0 Å². The molecule has 0 aliphatic carbocycles. The monoisotopic (exact) mass is 286 g/mol. The van der Waals surface area contributed by atoms with Crippen LogP contribution in [0.1, 0.15) is 17.0 Å². The molecule has 0 spiro atoms. The normalized spacial score (nSPS) is 14.6. The molecule has 0 bridgehead atoms. The fourth-order valence-corrected chi connectivity index (χ4v) is 2.28. The minimum atomic E-state index is -0.489. The first-order valence-electron chi connectivity index (χ1n) is 6.79. The van der Waals surface area contributed by atoms with E-state index in [1.165, 1.54) is 12.3 Å². The van der Waals surface area contributed by atoms with E-state index in [2.05, 4.69) is 4.98 Å². The Morgan fingerprint density at radius 2 is 2.00 bits per heavy atom. The molecule has 3 rings (SSSR count). The second-order valence-corrected chi connectivity index (χ2v) is 5.06. The summed E-state index contributed by atoms with van der Waals surface area (Å²) in [4.78, 5) is 17.1. The van der Waals surface area contributed by atoms with Crippen molar-refractivity contribution in [3.05, 3.63) is 65.7 Å². The highest BCUT2D eigenvalue weighted by Gasteiger charge is 2.32. The molecule has 0 atom stereocenters. The number of rotatable bonds is 3. The fourth-order valence-electron chi connectivity index (χ4n) is 2.28. The highest BCUT2D eigenvalue weighted by Crippen LogP contribution is 2.27. The summed E-state index contributed by atoms with van der Waals surface area (Å²) in [6, 6.07) is 12.6. The molecule has 1 fully saturated rings. The maximum absolute atomic E-state index is 12.7. The summed E-state index contributed by atoms with van der Waals surface area (Å²) in [7, 11) is 0. The number of pyridine rings is 1. The number of carbonyl (C=O) groups is 1. The van der Waals surface area contributed by atoms with Crippen LogP contribution in [-0.2, 0) is 11.3 Å². The van der Waals surface area contributed by atoms with Gasteiger partial charge in [0.05, 0.1) is 0 Å². The lowest BCUT2D eigenvalue weighted by atomic mass is 9.93. The van der Waals surface area contributed by atoms with Crippen molar-refractivity contribution in [3.8, 4) is 0 Å². The summed E-state index contributed by atoms with van der Waals surface area (Å²) in [5.41, 5.74) is 1.91. The van der Waals surface area contributed by atoms with Crippen molar-refractivity contribution in [2.45, 2.75) is 12.5 Å². The molecule has 2 aromatic rings. The number of carbonyl (C=O) groups excluding carboxylic acids is 1. The number of aromatic nitrogens is 1. The summed E-state index contributed by atoms with van der Waals surface area (Å²) in [6.07, 6.45) is 1.21. The summed E-state index contributed by atoms with van der Waals surface area (Å²) in [5, 5.41) is 0. The van der Waals surface area contributed by atoms with Gasteiger partial charge in [-0.1, -0.05) is 36.4 Å². The smallest absolute Gasteiger partial charge is 0.410 e. The first kappa shape index (κ1) is 13.5. The van der Waals surface area contributed by atoms with E-state index in [4.69, 9.17) is 4.74 Å². The van der Waals surface area contributed by atoms with Crippen molar-refractivity contribution in [1.82, 2.24) is 9.88 Å². The Labute approximate surface area is 122 Å². The first-order valence-corrected chi connectivity index (χ1v) is 6.79. The number of amides is 1. The van der Waals surface area contributed by atoms with E-state index in [0.717, 1.165) is 11.1 Å². The van der Waals surface area contributed by atoms with Crippen LogP contribution in [0.2, 0.25) is 0 Å². The van der Waals surface area contributed by atoms with E-state index in [9.17, 15) is 9.18 Å². The number of halogens is 1. The first-order chi connectivity index (χ1) is 10.2. The Balaban J connectivity index is 1.47. The summed E-state index contributed by atoms with van der Waals surface area (Å²) >= 11 is 0. The topological polar surface area (TPSA) is 42.4 Å². The van der Waals surface area contributed by atoms with Gasteiger partial charge < -0.3 is 9.64 Å². The molecule has 0 saturated carbocycles. The average Bonchev–Trinajstić information content (AvgIpc) is 2.47. The third-order valence-electron chi connectivity index (χ3n) is 3.57. The van der Waals surface area contributed by atoms with Crippen molar-refractivity contribution in [2.75, 3.05) is 13.1 Å². The average molecular weight is 286 g/mol. The third-order valence-corrected chi connectivity index (χ3v) is 3.57. The minimum absolute atomic E-state index is 0.211. The Kier molecular flexibility index (Phi) is 3.81. The molecular formula is C16H15FN2O2. The van der Waals surface area contributed by atoms with Gasteiger partial charge in [-0.15, -0.1) is 0 Å². The van der Waals surface area contributed by atoms with Gasteiger partial charge in [0.2, 0.25) is 5.95 Å². The lowest BCUT2D eigenvalue weighted by Crippen LogP contribution is -2.48. The van der Waals surface area contributed by atoms with Crippen molar-refractivity contribution >= 4 is 6.09 Å². The van der Waals surface area contributed by atoms with Crippen LogP contribution in [0.3, 0.4) is 0 Å². The van der Waals surface area contributed by atoms with Gasteiger partial charge in [0.25, 0.3) is 0 Å². The van der Waals surface area contributed by atoms with Crippen LogP contribution in [0, 0.1) is 5.95 Å². The number of nitrogens with zero attached hydrogens (tertiary/aromatic N) is 2. The summed E-state index contributed by atoms with van der Waals surface area (Å²) in [5.74, 6) is -0.278. The van der Waals surface area contributed by atoms with Gasteiger partial charge in [-0.25, -0.2) is 9.78 Å². The standard InChI is InChI=1S/C16H15FN2O2/c17-15-7-6-13(8-18-15)14-9-19(10-14)16(20)21-11-12-4-2-1-3-5-12/h1-8,14H,9-11H2. The van der Waals surface area contributed by atoms with Crippen LogP contribution < -0.4 is 0 Å². The quantitative estimate of drug-likeness (QED) is 0.815. The number of benzene rings is 1. The molecular weight excluding hydrogens is 271 g/mol. The van der Waals surface area contributed by atoms with E-state index in [0.29, 0.717) is 13.1 Å². The molecule has 2 heterocycles. The molecule has 5 heteroatoms. The van der Waals surface area contributed by atoms with Crippen LogP contribution in [-0.4, -0.2) is 29.1 Å². The Hall–Kier alpha value is -2.43. The second kappa shape index (κ2) is 5.91.